The summed E-state index contributed by atoms with van der Waals surface area (Å²) in [7, 11) is 2.26. The van der Waals surface area contributed by atoms with E-state index in [-0.39, 0.29) is 0 Å². The molecule has 90 valence electrons. The molecule has 3 unspecified atom stereocenters. The van der Waals surface area contributed by atoms with Gasteiger partial charge in [-0.15, -0.1) is 0 Å². The van der Waals surface area contributed by atoms with Gasteiger partial charge in [-0.2, -0.15) is 0 Å². The normalized spacial score (nSPS) is 34.8. The average molecular weight is 212 g/mol. The van der Waals surface area contributed by atoms with Gasteiger partial charge in [0, 0.05) is 12.1 Å². The number of nitrogens with two attached hydrogens (primary N) is 1. The van der Waals surface area contributed by atoms with Gasteiger partial charge in [-0.25, -0.2) is 0 Å². The second-order valence-electron chi connectivity index (χ2n) is 5.84. The Bertz CT molecular complexity index is 169. The first-order chi connectivity index (χ1) is 6.95. The lowest BCUT2D eigenvalue weighted by Gasteiger charge is -2.39. The molecule has 0 spiro atoms. The van der Waals surface area contributed by atoms with Crippen molar-refractivity contribution in [3.8, 4) is 0 Å². The van der Waals surface area contributed by atoms with Crippen LogP contribution in [-0.4, -0.2) is 30.6 Å². The topological polar surface area (TPSA) is 29.3 Å². The fourth-order valence-corrected chi connectivity index (χ4v) is 3.31. The highest BCUT2D eigenvalue weighted by atomic mass is 15.1. The fourth-order valence-electron chi connectivity index (χ4n) is 3.31. The van der Waals surface area contributed by atoms with Crippen molar-refractivity contribution in [2.45, 2.75) is 52.6 Å². The second kappa shape index (κ2) is 5.31. The van der Waals surface area contributed by atoms with Gasteiger partial charge in [0.25, 0.3) is 0 Å². The molecule has 0 aromatic heterocycles. The Morgan fingerprint density at radius 3 is 2.20 bits per heavy atom. The number of hydrogen-bond acceptors (Lipinski definition) is 2. The summed E-state index contributed by atoms with van der Waals surface area (Å²) in [6.07, 6.45) is 2.44. The molecule has 0 radical (unpaired) electrons. The van der Waals surface area contributed by atoms with Gasteiger partial charge >= 0.3 is 0 Å². The minimum absolute atomic E-state index is 0.391. The van der Waals surface area contributed by atoms with Gasteiger partial charge in [-0.3, -0.25) is 0 Å². The van der Waals surface area contributed by atoms with E-state index in [0.29, 0.717) is 29.8 Å². The fraction of sp³-hybridized carbons (Fsp3) is 1.00. The molecule has 15 heavy (non-hydrogen) atoms. The molecular formula is C13H28N2. The summed E-state index contributed by atoms with van der Waals surface area (Å²) in [5, 5.41) is 0. The lowest BCUT2D eigenvalue weighted by molar-refractivity contribution is 0.105. The van der Waals surface area contributed by atoms with E-state index in [2.05, 4.69) is 39.6 Å². The summed E-state index contributed by atoms with van der Waals surface area (Å²) in [5.74, 6) is 2.04. The molecule has 1 fully saturated rings. The van der Waals surface area contributed by atoms with Crippen LogP contribution in [-0.2, 0) is 0 Å². The molecule has 1 saturated heterocycles. The van der Waals surface area contributed by atoms with E-state index in [9.17, 15) is 0 Å². The summed E-state index contributed by atoms with van der Waals surface area (Å²) in [4.78, 5) is 2.53. The van der Waals surface area contributed by atoms with Gasteiger partial charge in [0.2, 0.25) is 0 Å². The molecule has 3 atom stereocenters. The number of nitrogens with zero attached hydrogens (tertiary/aromatic N) is 1. The van der Waals surface area contributed by atoms with Gasteiger partial charge in [0.15, 0.2) is 0 Å². The van der Waals surface area contributed by atoms with E-state index >= 15 is 0 Å². The molecule has 1 aliphatic heterocycles. The highest BCUT2D eigenvalue weighted by Crippen LogP contribution is 2.31. The van der Waals surface area contributed by atoms with Crippen LogP contribution in [0.15, 0.2) is 0 Å². The molecule has 1 heterocycles. The van der Waals surface area contributed by atoms with Crippen molar-refractivity contribution >= 4 is 0 Å². The molecule has 0 saturated carbocycles. The molecule has 0 bridgehead atoms. The Labute approximate surface area is 95.2 Å². The van der Waals surface area contributed by atoms with Crippen molar-refractivity contribution in [2.75, 3.05) is 13.6 Å². The van der Waals surface area contributed by atoms with E-state index < -0.39 is 0 Å². The molecule has 1 rings (SSSR count). The molecule has 2 nitrogen and oxygen atoms in total. The maximum atomic E-state index is 6.34. The minimum atomic E-state index is 0.391. The smallest absolute Gasteiger partial charge is 0.0161 e. The second-order valence-corrected chi connectivity index (χ2v) is 5.84. The predicted octanol–water partition coefficient (Wildman–Crippen LogP) is 2.34. The first-order valence-corrected chi connectivity index (χ1v) is 6.41. The third kappa shape index (κ3) is 2.94. The van der Waals surface area contributed by atoms with Gasteiger partial charge in [0.05, 0.1) is 0 Å². The van der Waals surface area contributed by atoms with Crippen molar-refractivity contribution in [2.24, 2.45) is 23.5 Å². The molecule has 0 amide bonds. The van der Waals surface area contributed by atoms with Crippen LogP contribution < -0.4 is 5.73 Å². The zero-order valence-corrected chi connectivity index (χ0v) is 11.0. The maximum absolute atomic E-state index is 6.34. The van der Waals surface area contributed by atoms with E-state index in [1.165, 1.54) is 19.4 Å². The highest BCUT2D eigenvalue weighted by Gasteiger charge is 2.36. The van der Waals surface area contributed by atoms with E-state index in [4.69, 9.17) is 5.73 Å². The van der Waals surface area contributed by atoms with Crippen LogP contribution in [0, 0.1) is 17.8 Å². The molecular weight excluding hydrogens is 184 g/mol. The van der Waals surface area contributed by atoms with Crippen LogP contribution in [0.3, 0.4) is 0 Å². The summed E-state index contributed by atoms with van der Waals surface area (Å²) in [5.41, 5.74) is 6.34. The summed E-state index contributed by atoms with van der Waals surface area (Å²) in [6, 6.07) is 1.05. The maximum Gasteiger partial charge on any atom is 0.0161 e. The average Bonchev–Trinajstić information content (AvgIpc) is 2.24. The zero-order chi connectivity index (χ0) is 11.6. The van der Waals surface area contributed by atoms with E-state index in [0.717, 1.165) is 0 Å². The Hall–Kier alpha value is -0.0800. The Kier molecular flexibility index (Phi) is 4.60. The number of rotatable bonds is 2. The SMILES string of the molecule is CC(C)C1C(N)CCCN(C)C1C(C)C. The van der Waals surface area contributed by atoms with Gasteiger partial charge in [-0.05, 0) is 44.2 Å². The summed E-state index contributed by atoms with van der Waals surface area (Å²) >= 11 is 0. The molecule has 1 aliphatic rings. The zero-order valence-electron chi connectivity index (χ0n) is 11.0. The van der Waals surface area contributed by atoms with Crippen LogP contribution in [0.5, 0.6) is 0 Å². The van der Waals surface area contributed by atoms with Gasteiger partial charge in [-0.1, -0.05) is 27.7 Å². The largest absolute Gasteiger partial charge is 0.327 e. The lowest BCUT2D eigenvalue weighted by Crippen LogP contribution is -2.48. The number of hydrogen-bond donors (Lipinski definition) is 1. The van der Waals surface area contributed by atoms with Crippen LogP contribution in [0.4, 0.5) is 0 Å². The Morgan fingerprint density at radius 2 is 1.73 bits per heavy atom. The highest BCUT2D eigenvalue weighted by molar-refractivity contribution is 4.91. The quantitative estimate of drug-likeness (QED) is 0.761. The van der Waals surface area contributed by atoms with Crippen molar-refractivity contribution in [1.82, 2.24) is 4.90 Å². The predicted molar refractivity (Wildman–Crippen MR) is 66.8 cm³/mol. The van der Waals surface area contributed by atoms with Crippen molar-refractivity contribution in [3.63, 3.8) is 0 Å². The van der Waals surface area contributed by atoms with Crippen molar-refractivity contribution in [3.05, 3.63) is 0 Å². The van der Waals surface area contributed by atoms with Crippen LogP contribution >= 0.6 is 0 Å². The summed E-state index contributed by atoms with van der Waals surface area (Å²) in [6.45, 7) is 10.5. The van der Waals surface area contributed by atoms with Crippen LogP contribution in [0.25, 0.3) is 0 Å². The minimum Gasteiger partial charge on any atom is -0.327 e. The Morgan fingerprint density at radius 1 is 1.13 bits per heavy atom. The first-order valence-electron chi connectivity index (χ1n) is 6.41. The molecule has 0 aromatic carbocycles. The molecule has 2 N–H and O–H groups in total. The molecule has 0 aliphatic carbocycles. The van der Waals surface area contributed by atoms with E-state index in [1.54, 1.807) is 0 Å². The van der Waals surface area contributed by atoms with Crippen LogP contribution in [0.1, 0.15) is 40.5 Å². The van der Waals surface area contributed by atoms with Crippen LogP contribution in [0.2, 0.25) is 0 Å². The summed E-state index contributed by atoms with van der Waals surface area (Å²) < 4.78 is 0. The molecule has 0 aromatic rings. The molecule has 2 heteroatoms. The number of likely N-dealkylation sites (tertiary alicyclic amines) is 1. The monoisotopic (exact) mass is 212 g/mol. The first kappa shape index (κ1) is 13.0. The third-order valence-corrected chi connectivity index (χ3v) is 3.90. The van der Waals surface area contributed by atoms with Crippen molar-refractivity contribution < 1.29 is 0 Å². The van der Waals surface area contributed by atoms with Crippen molar-refractivity contribution in [1.29, 1.82) is 0 Å². The van der Waals surface area contributed by atoms with E-state index in [1.807, 2.05) is 0 Å². The third-order valence-electron chi connectivity index (χ3n) is 3.90. The Balaban J connectivity index is 2.89. The van der Waals surface area contributed by atoms with Gasteiger partial charge in [0.1, 0.15) is 0 Å². The van der Waals surface area contributed by atoms with Gasteiger partial charge < -0.3 is 10.6 Å². The standard InChI is InChI=1S/C13H28N2/c1-9(2)12-11(14)7-6-8-15(5)13(12)10(3)4/h9-13H,6-8,14H2,1-5H3. The lowest BCUT2D eigenvalue weighted by atomic mass is 9.77.